The number of carbonyl (C=O) groups is 1. The van der Waals surface area contributed by atoms with Gasteiger partial charge < -0.3 is 5.73 Å². The zero-order valence-electron chi connectivity index (χ0n) is 7.49. The second-order valence-electron chi connectivity index (χ2n) is 2.61. The highest BCUT2D eigenvalue weighted by Gasteiger charge is 2.06. The summed E-state index contributed by atoms with van der Waals surface area (Å²) >= 11 is 0. The van der Waals surface area contributed by atoms with E-state index in [2.05, 4.69) is 4.98 Å². The minimum atomic E-state index is -0.397. The van der Waals surface area contributed by atoms with Gasteiger partial charge in [0.25, 0.3) is 5.91 Å². The molecule has 0 saturated heterocycles. The minimum absolute atomic E-state index is 0. The highest BCUT2D eigenvalue weighted by Crippen LogP contribution is 2.06. The average molecular weight is 201 g/mol. The topological polar surface area (TPSA) is 56.0 Å². The van der Waals surface area contributed by atoms with Gasteiger partial charge in [-0.25, -0.2) is 0 Å². The van der Waals surface area contributed by atoms with Gasteiger partial charge in [-0.3, -0.25) is 9.78 Å². The third-order valence-electron chi connectivity index (χ3n) is 1.64. The Balaban J connectivity index is 0.00000144. The lowest BCUT2D eigenvalue weighted by Gasteiger charge is -2.02. The number of primary amides is 1. The van der Waals surface area contributed by atoms with Gasteiger partial charge in [-0.1, -0.05) is 13.3 Å². The zero-order valence-corrected chi connectivity index (χ0v) is 8.30. The van der Waals surface area contributed by atoms with E-state index >= 15 is 0 Å². The van der Waals surface area contributed by atoms with E-state index in [0.29, 0.717) is 5.56 Å². The lowest BCUT2D eigenvalue weighted by Crippen LogP contribution is -2.14. The van der Waals surface area contributed by atoms with Crippen LogP contribution in [0.4, 0.5) is 0 Å². The van der Waals surface area contributed by atoms with Crippen molar-refractivity contribution >= 4 is 18.3 Å². The summed E-state index contributed by atoms with van der Waals surface area (Å²) in [6.07, 6.45) is 3.45. The molecule has 0 radical (unpaired) electrons. The average Bonchev–Trinajstić information content (AvgIpc) is 2.05. The van der Waals surface area contributed by atoms with E-state index in [9.17, 15) is 4.79 Å². The molecule has 2 N–H and O–H groups in total. The molecule has 0 spiro atoms. The first-order valence-corrected chi connectivity index (χ1v) is 3.99. The molecule has 0 atom stereocenters. The first-order chi connectivity index (χ1) is 5.75. The molecule has 4 heteroatoms. The van der Waals surface area contributed by atoms with Crippen LogP contribution in [0.5, 0.6) is 0 Å². The number of nitrogens with two attached hydrogens (primary N) is 1. The van der Waals surface area contributed by atoms with Crippen LogP contribution in [0.2, 0.25) is 0 Å². The summed E-state index contributed by atoms with van der Waals surface area (Å²) in [6.45, 7) is 2.04. The zero-order chi connectivity index (χ0) is 8.97. The van der Waals surface area contributed by atoms with E-state index in [1.54, 1.807) is 18.3 Å². The van der Waals surface area contributed by atoms with E-state index < -0.39 is 5.91 Å². The van der Waals surface area contributed by atoms with Crippen LogP contribution in [0.15, 0.2) is 18.3 Å². The van der Waals surface area contributed by atoms with Crippen molar-refractivity contribution in [3.05, 3.63) is 29.6 Å². The maximum Gasteiger partial charge on any atom is 0.250 e. The fourth-order valence-electron chi connectivity index (χ4n) is 1.10. The predicted octanol–water partition coefficient (Wildman–Crippen LogP) is 1.55. The first kappa shape index (κ1) is 11.9. The Morgan fingerprint density at radius 3 is 2.85 bits per heavy atom. The number of halogens is 1. The van der Waals surface area contributed by atoms with Crippen LogP contribution in [-0.4, -0.2) is 10.9 Å². The van der Waals surface area contributed by atoms with Crippen molar-refractivity contribution in [3.63, 3.8) is 0 Å². The number of hydrogen-bond donors (Lipinski definition) is 1. The summed E-state index contributed by atoms with van der Waals surface area (Å²) in [5.74, 6) is -0.397. The molecule has 1 amide bonds. The predicted molar refractivity (Wildman–Crippen MR) is 54.0 cm³/mol. The molecule has 0 aliphatic carbocycles. The molecule has 0 aromatic carbocycles. The van der Waals surface area contributed by atoms with Gasteiger partial charge in [-0.05, 0) is 18.6 Å². The number of nitrogens with zero attached hydrogens (tertiary/aromatic N) is 1. The number of aromatic nitrogens is 1. The summed E-state index contributed by atoms with van der Waals surface area (Å²) in [5, 5.41) is 0. The third-order valence-corrected chi connectivity index (χ3v) is 1.64. The van der Waals surface area contributed by atoms with Gasteiger partial charge in [0.2, 0.25) is 0 Å². The van der Waals surface area contributed by atoms with Crippen molar-refractivity contribution < 1.29 is 4.79 Å². The van der Waals surface area contributed by atoms with E-state index in [4.69, 9.17) is 5.73 Å². The maximum atomic E-state index is 10.9. The Bertz CT molecular complexity index is 289. The number of carbonyl (C=O) groups excluding carboxylic acids is 1. The summed E-state index contributed by atoms with van der Waals surface area (Å²) in [7, 11) is 0. The normalized spacial score (nSPS) is 9.00. The lowest BCUT2D eigenvalue weighted by molar-refractivity contribution is 0.0999. The number of hydrogen-bond acceptors (Lipinski definition) is 2. The van der Waals surface area contributed by atoms with Crippen molar-refractivity contribution in [3.8, 4) is 0 Å². The molecule has 0 fully saturated rings. The molecule has 3 nitrogen and oxygen atoms in total. The molecule has 1 aromatic rings. The molecule has 1 aromatic heterocycles. The Morgan fingerprint density at radius 2 is 2.31 bits per heavy atom. The molecule has 13 heavy (non-hydrogen) atoms. The molecular formula is C9H13ClN2O. The Labute approximate surface area is 83.8 Å². The van der Waals surface area contributed by atoms with E-state index in [0.717, 1.165) is 18.5 Å². The van der Waals surface area contributed by atoms with Crippen LogP contribution in [0, 0.1) is 0 Å². The first-order valence-electron chi connectivity index (χ1n) is 3.99. The van der Waals surface area contributed by atoms with Gasteiger partial charge in [0.1, 0.15) is 0 Å². The quantitative estimate of drug-likeness (QED) is 0.805. The monoisotopic (exact) mass is 200 g/mol. The molecule has 0 bridgehead atoms. The van der Waals surface area contributed by atoms with E-state index in [-0.39, 0.29) is 12.4 Å². The highest BCUT2D eigenvalue weighted by molar-refractivity contribution is 5.93. The van der Waals surface area contributed by atoms with E-state index in [1.165, 1.54) is 0 Å². The number of amides is 1. The van der Waals surface area contributed by atoms with Crippen LogP contribution >= 0.6 is 12.4 Å². The fraction of sp³-hybridized carbons (Fsp3) is 0.333. The Kier molecular flexibility index (Phi) is 5.07. The fourth-order valence-corrected chi connectivity index (χ4v) is 1.10. The summed E-state index contributed by atoms with van der Waals surface area (Å²) in [6, 6.07) is 3.43. The molecule has 1 heterocycles. The van der Waals surface area contributed by atoms with Crippen LogP contribution < -0.4 is 5.73 Å². The van der Waals surface area contributed by atoms with Crippen LogP contribution in [0.3, 0.4) is 0 Å². The summed E-state index contributed by atoms with van der Waals surface area (Å²) in [4.78, 5) is 15.0. The standard InChI is InChI=1S/C9H12N2O.ClH/c1-2-4-8-7(9(10)12)5-3-6-11-8;/h3,5-6H,2,4H2,1H3,(H2,10,12);1H. The summed E-state index contributed by atoms with van der Waals surface area (Å²) in [5.41, 5.74) is 6.51. The number of rotatable bonds is 3. The molecule has 0 saturated carbocycles. The van der Waals surface area contributed by atoms with Crippen LogP contribution in [0.25, 0.3) is 0 Å². The maximum absolute atomic E-state index is 10.9. The van der Waals surface area contributed by atoms with Gasteiger partial charge in [-0.2, -0.15) is 0 Å². The van der Waals surface area contributed by atoms with Crippen LogP contribution in [-0.2, 0) is 6.42 Å². The van der Waals surface area contributed by atoms with Crippen molar-refractivity contribution in [2.75, 3.05) is 0 Å². The van der Waals surface area contributed by atoms with Crippen LogP contribution in [0.1, 0.15) is 29.4 Å². The van der Waals surface area contributed by atoms with Gasteiger partial charge in [-0.15, -0.1) is 12.4 Å². The Morgan fingerprint density at radius 1 is 1.62 bits per heavy atom. The van der Waals surface area contributed by atoms with Crippen molar-refractivity contribution in [1.82, 2.24) is 4.98 Å². The van der Waals surface area contributed by atoms with Crippen molar-refractivity contribution in [2.45, 2.75) is 19.8 Å². The van der Waals surface area contributed by atoms with E-state index in [1.807, 2.05) is 6.92 Å². The smallest absolute Gasteiger partial charge is 0.250 e. The number of aryl methyl sites for hydroxylation is 1. The van der Waals surface area contributed by atoms with Gasteiger partial charge in [0.15, 0.2) is 0 Å². The summed E-state index contributed by atoms with van der Waals surface area (Å²) < 4.78 is 0. The van der Waals surface area contributed by atoms with Gasteiger partial charge in [0, 0.05) is 6.20 Å². The third kappa shape index (κ3) is 3.03. The SMILES string of the molecule is CCCc1ncccc1C(N)=O.Cl. The minimum Gasteiger partial charge on any atom is -0.366 e. The second kappa shape index (κ2) is 5.54. The van der Waals surface area contributed by atoms with Gasteiger partial charge >= 0.3 is 0 Å². The lowest BCUT2D eigenvalue weighted by atomic mass is 10.1. The second-order valence-corrected chi connectivity index (χ2v) is 2.61. The molecular weight excluding hydrogens is 188 g/mol. The largest absolute Gasteiger partial charge is 0.366 e. The molecule has 72 valence electrons. The highest BCUT2D eigenvalue weighted by atomic mass is 35.5. The van der Waals surface area contributed by atoms with Gasteiger partial charge in [0.05, 0.1) is 11.3 Å². The molecule has 0 aliphatic rings. The molecule has 0 unspecified atom stereocenters. The number of pyridine rings is 1. The molecule has 1 rings (SSSR count). The molecule has 0 aliphatic heterocycles. The Hall–Kier alpha value is -1.09. The van der Waals surface area contributed by atoms with Crippen molar-refractivity contribution in [2.24, 2.45) is 5.73 Å². The van der Waals surface area contributed by atoms with Crippen molar-refractivity contribution in [1.29, 1.82) is 0 Å².